The number of nitriles is 2. The molecule has 0 aromatic heterocycles. The van der Waals surface area contributed by atoms with Crippen molar-refractivity contribution in [1.29, 1.82) is 10.5 Å². The van der Waals surface area contributed by atoms with Crippen molar-refractivity contribution in [3.05, 3.63) is 197 Å². The first-order valence-electron chi connectivity index (χ1n) is 19.0. The van der Waals surface area contributed by atoms with Crippen LogP contribution < -0.4 is 9.80 Å². The normalized spacial score (nSPS) is 15.4. The van der Waals surface area contributed by atoms with Crippen molar-refractivity contribution in [2.45, 2.75) is 57.8 Å². The summed E-state index contributed by atoms with van der Waals surface area (Å²) in [5.74, 6) is -0.112. The van der Waals surface area contributed by atoms with Crippen LogP contribution in [0.4, 0.5) is 28.4 Å². The molecule has 0 aliphatic carbocycles. The van der Waals surface area contributed by atoms with E-state index in [0.29, 0.717) is 17.5 Å². The van der Waals surface area contributed by atoms with Crippen molar-refractivity contribution in [2.24, 2.45) is 0 Å². The van der Waals surface area contributed by atoms with E-state index in [9.17, 15) is 10.5 Å². The van der Waals surface area contributed by atoms with Crippen LogP contribution >= 0.6 is 0 Å². The summed E-state index contributed by atoms with van der Waals surface area (Å²) in [7, 11) is 0. The van der Waals surface area contributed by atoms with Crippen LogP contribution in [0.3, 0.4) is 0 Å². The fourth-order valence-electron chi connectivity index (χ4n) is 8.88. The minimum atomic E-state index is -0.140. The molecule has 2 aliphatic rings. The van der Waals surface area contributed by atoms with Crippen molar-refractivity contribution in [3.63, 3.8) is 0 Å². The molecule has 268 valence electrons. The molecule has 0 fully saturated rings. The van der Waals surface area contributed by atoms with Crippen molar-refractivity contribution in [1.82, 2.24) is 0 Å². The zero-order valence-corrected chi connectivity index (χ0v) is 32.1. The average molecular weight is 713 g/mol. The van der Waals surface area contributed by atoms with Gasteiger partial charge < -0.3 is 9.80 Å². The fraction of sp³-hybridized carbons (Fsp3) is 0.176. The van der Waals surface area contributed by atoms with Crippen LogP contribution in [0, 0.1) is 22.7 Å². The van der Waals surface area contributed by atoms with E-state index >= 15 is 0 Å². The van der Waals surface area contributed by atoms with Crippen LogP contribution in [0.5, 0.6) is 0 Å². The highest BCUT2D eigenvalue weighted by molar-refractivity contribution is 5.87. The van der Waals surface area contributed by atoms with E-state index in [-0.39, 0.29) is 16.7 Å². The predicted molar refractivity (Wildman–Crippen MR) is 227 cm³/mol. The third-order valence-corrected chi connectivity index (χ3v) is 11.8. The van der Waals surface area contributed by atoms with Gasteiger partial charge in [0.15, 0.2) is 0 Å². The molecule has 1 atom stereocenters. The smallest absolute Gasteiger partial charge is 0.101 e. The Morgan fingerprint density at radius 3 is 1.55 bits per heavy atom. The molecule has 2 aliphatic heterocycles. The molecule has 6 aromatic carbocycles. The van der Waals surface area contributed by atoms with Gasteiger partial charge in [-0.2, -0.15) is 10.5 Å². The number of fused-ring (bicyclic) bond motifs is 4. The fourth-order valence-corrected chi connectivity index (χ4v) is 8.88. The minimum Gasteiger partial charge on any atom is -0.314 e. The number of hydrogen-bond donors (Lipinski definition) is 0. The molecule has 8 rings (SSSR count). The lowest BCUT2D eigenvalue weighted by Gasteiger charge is -2.42. The molecule has 4 heteroatoms. The standard InChI is InChI=1S/C51H44N4/c1-7-35(25-24-34(2)54-46-20-12-8-16-42(46)50(3,4)43-17-9-13-21-47(43)54)40-30-37(32-52)38(33-53)31-41(40)36-26-28-39(29-27-36)55-48-22-14-10-18-44(48)51(5,6)45-19-11-15-23-49(45)55/h7-24,26-31,35H,1,25H2,2-6H3/b34-24+. The molecule has 2 heterocycles. The Hall–Kier alpha value is -6.62. The largest absolute Gasteiger partial charge is 0.314 e. The first-order valence-corrected chi connectivity index (χ1v) is 19.0. The Labute approximate surface area is 325 Å². The molecule has 0 amide bonds. The van der Waals surface area contributed by atoms with Gasteiger partial charge in [0.2, 0.25) is 0 Å². The lowest BCUT2D eigenvalue weighted by molar-refractivity contribution is 0.629. The molecule has 6 aromatic rings. The van der Waals surface area contributed by atoms with Gasteiger partial charge in [-0.25, -0.2) is 0 Å². The van der Waals surface area contributed by atoms with Crippen LogP contribution in [0.25, 0.3) is 11.1 Å². The maximum atomic E-state index is 10.1. The molecule has 0 saturated carbocycles. The second-order valence-electron chi connectivity index (χ2n) is 15.7. The second-order valence-corrected chi connectivity index (χ2v) is 15.7. The van der Waals surface area contributed by atoms with Gasteiger partial charge in [0, 0.05) is 39.5 Å². The second kappa shape index (κ2) is 13.7. The summed E-state index contributed by atoms with van der Waals surface area (Å²) in [5, 5.41) is 20.3. The summed E-state index contributed by atoms with van der Waals surface area (Å²) in [5.41, 5.74) is 15.4. The van der Waals surface area contributed by atoms with Crippen LogP contribution in [0.15, 0.2) is 158 Å². The van der Waals surface area contributed by atoms with Gasteiger partial charge in [-0.1, -0.05) is 125 Å². The van der Waals surface area contributed by atoms with Gasteiger partial charge in [0.05, 0.1) is 22.5 Å². The van der Waals surface area contributed by atoms with Crippen molar-refractivity contribution in [3.8, 4) is 23.3 Å². The number of allylic oxidation sites excluding steroid dienone is 3. The van der Waals surface area contributed by atoms with Crippen LogP contribution in [0.2, 0.25) is 0 Å². The number of hydrogen-bond acceptors (Lipinski definition) is 4. The van der Waals surface area contributed by atoms with Crippen molar-refractivity contribution in [2.75, 3.05) is 9.80 Å². The Kier molecular flexibility index (Phi) is 8.79. The summed E-state index contributed by atoms with van der Waals surface area (Å²) < 4.78 is 0. The molecule has 0 radical (unpaired) electrons. The third-order valence-electron chi connectivity index (χ3n) is 11.8. The van der Waals surface area contributed by atoms with Crippen LogP contribution in [-0.4, -0.2) is 0 Å². The molecule has 0 saturated heterocycles. The van der Waals surface area contributed by atoms with E-state index in [1.807, 2.05) is 18.2 Å². The monoisotopic (exact) mass is 712 g/mol. The topological polar surface area (TPSA) is 54.1 Å². The average Bonchev–Trinajstić information content (AvgIpc) is 3.21. The number of anilines is 5. The Balaban J connectivity index is 1.18. The molecule has 0 N–H and O–H groups in total. The molecule has 0 spiro atoms. The van der Waals surface area contributed by atoms with Gasteiger partial charge >= 0.3 is 0 Å². The maximum Gasteiger partial charge on any atom is 0.101 e. The van der Waals surface area contributed by atoms with Crippen LogP contribution in [0.1, 0.15) is 85.9 Å². The van der Waals surface area contributed by atoms with E-state index in [2.05, 4.69) is 191 Å². The molecule has 0 bridgehead atoms. The quantitative estimate of drug-likeness (QED) is 0.155. The highest BCUT2D eigenvalue weighted by Crippen LogP contribution is 2.53. The van der Waals surface area contributed by atoms with Crippen molar-refractivity contribution >= 4 is 28.4 Å². The molecular weight excluding hydrogens is 669 g/mol. The van der Waals surface area contributed by atoms with Gasteiger partial charge in [0.1, 0.15) is 12.1 Å². The van der Waals surface area contributed by atoms with Crippen LogP contribution in [-0.2, 0) is 10.8 Å². The molecule has 55 heavy (non-hydrogen) atoms. The summed E-state index contributed by atoms with van der Waals surface area (Å²) in [4.78, 5) is 4.71. The number of benzene rings is 6. The first kappa shape index (κ1) is 35.4. The molecular formula is C51H44N4. The van der Waals surface area contributed by atoms with Gasteiger partial charge in [-0.3, -0.25) is 0 Å². The van der Waals surface area contributed by atoms with Gasteiger partial charge in [-0.15, -0.1) is 6.58 Å². The predicted octanol–water partition coefficient (Wildman–Crippen LogP) is 13.2. The molecule has 4 nitrogen and oxygen atoms in total. The zero-order valence-electron chi connectivity index (χ0n) is 32.1. The van der Waals surface area contributed by atoms with E-state index < -0.39 is 0 Å². The maximum absolute atomic E-state index is 10.1. The first-order chi connectivity index (χ1) is 26.6. The van der Waals surface area contributed by atoms with E-state index in [1.54, 1.807) is 0 Å². The summed E-state index contributed by atoms with van der Waals surface area (Å²) in [6, 6.07) is 51.6. The highest BCUT2D eigenvalue weighted by Gasteiger charge is 2.37. The SMILES string of the molecule is C=CC(C/C=C(\C)N1c2ccccc2C(C)(C)c2ccccc21)c1cc(C#N)c(C#N)cc1-c1ccc(N2c3ccccc3C(C)(C)c3ccccc32)cc1. The van der Waals surface area contributed by atoms with Gasteiger partial charge in [-0.05, 0) is 101 Å². The zero-order chi connectivity index (χ0) is 38.5. The molecule has 1 unspecified atom stereocenters. The number of rotatable bonds is 7. The van der Waals surface area contributed by atoms with Gasteiger partial charge in [0.25, 0.3) is 0 Å². The summed E-state index contributed by atoms with van der Waals surface area (Å²) in [6.07, 6.45) is 4.91. The number of nitrogens with zero attached hydrogens (tertiary/aromatic N) is 4. The Morgan fingerprint density at radius 1 is 0.636 bits per heavy atom. The third kappa shape index (κ3) is 5.74. The van der Waals surface area contributed by atoms with E-state index in [0.717, 1.165) is 28.1 Å². The lowest BCUT2D eigenvalue weighted by Crippen LogP contribution is -2.32. The summed E-state index contributed by atoms with van der Waals surface area (Å²) >= 11 is 0. The summed E-state index contributed by atoms with van der Waals surface area (Å²) in [6.45, 7) is 15.6. The highest BCUT2D eigenvalue weighted by atomic mass is 15.2. The lowest BCUT2D eigenvalue weighted by atomic mass is 9.73. The minimum absolute atomic E-state index is 0.112. The van der Waals surface area contributed by atoms with E-state index in [1.165, 1.54) is 45.0 Å². The van der Waals surface area contributed by atoms with Crippen molar-refractivity contribution < 1.29 is 0 Å². The van der Waals surface area contributed by atoms with E-state index in [4.69, 9.17) is 0 Å². The Morgan fingerprint density at radius 2 is 1.07 bits per heavy atom. The number of para-hydroxylation sites is 4. The Bertz CT molecular complexity index is 2490.